The number of aryl methyl sites for hydroxylation is 1. The fourth-order valence-electron chi connectivity index (χ4n) is 12.3. The first-order valence-corrected chi connectivity index (χ1v) is 26.1. The summed E-state index contributed by atoms with van der Waals surface area (Å²) in [4.78, 5) is 79.5. The molecular formula is C55H66FN11O5. The van der Waals surface area contributed by atoms with Crippen molar-refractivity contribution < 1.29 is 18.8 Å². The number of piperazine rings is 1. The van der Waals surface area contributed by atoms with Gasteiger partial charge in [0, 0.05) is 113 Å². The largest absolute Gasteiger partial charge is 0.386 e. The number of imide groups is 1. The number of carbonyl (C=O) groups is 3. The molecule has 11 rings (SSSR count). The van der Waals surface area contributed by atoms with Crippen molar-refractivity contribution in [3.63, 3.8) is 0 Å². The molecule has 8 heterocycles. The van der Waals surface area contributed by atoms with E-state index in [1.807, 2.05) is 34.7 Å². The molecule has 1 saturated carbocycles. The van der Waals surface area contributed by atoms with Gasteiger partial charge >= 0.3 is 5.69 Å². The predicted molar refractivity (Wildman–Crippen MR) is 275 cm³/mol. The number of imidazole rings is 1. The Kier molecular flexibility index (Phi) is 13.0. The molecule has 17 heteroatoms. The summed E-state index contributed by atoms with van der Waals surface area (Å²) in [6, 6.07) is 19.6. The summed E-state index contributed by atoms with van der Waals surface area (Å²) in [5.41, 5.74) is 6.91. The maximum Gasteiger partial charge on any atom is 0.330 e. The molecule has 3 amide bonds. The van der Waals surface area contributed by atoms with Crippen molar-refractivity contribution in [1.82, 2.24) is 48.2 Å². The Labute approximate surface area is 418 Å². The van der Waals surface area contributed by atoms with Gasteiger partial charge in [0.05, 0.1) is 28.6 Å². The summed E-state index contributed by atoms with van der Waals surface area (Å²) >= 11 is 0. The Morgan fingerprint density at radius 2 is 1.62 bits per heavy atom. The molecule has 0 unspecified atom stereocenters. The van der Waals surface area contributed by atoms with Crippen LogP contribution in [0.1, 0.15) is 116 Å². The average molecular weight is 980 g/mol. The number of pyridine rings is 2. The van der Waals surface area contributed by atoms with Gasteiger partial charge in [-0.25, -0.2) is 14.2 Å². The van der Waals surface area contributed by atoms with Crippen molar-refractivity contribution in [1.29, 1.82) is 0 Å². The number of halogens is 1. The number of rotatable bonds is 12. The van der Waals surface area contributed by atoms with Gasteiger partial charge in [-0.3, -0.25) is 52.9 Å². The number of aromatic nitrogens is 5. The van der Waals surface area contributed by atoms with Crippen LogP contribution < -0.4 is 21.9 Å². The molecular weight excluding hydrogens is 914 g/mol. The number of anilines is 1. The number of likely N-dealkylation sites (tertiary alicyclic amines) is 2. The summed E-state index contributed by atoms with van der Waals surface area (Å²) in [5, 5.41) is 5.96. The number of hydrogen-bond donors (Lipinski definition) is 2. The molecule has 3 atom stereocenters. The minimum Gasteiger partial charge on any atom is -0.386 e. The number of fused-ring (bicyclic) bond motifs is 2. The van der Waals surface area contributed by atoms with E-state index in [0.29, 0.717) is 30.0 Å². The zero-order chi connectivity index (χ0) is 49.9. The molecule has 2 aromatic carbocycles. The third kappa shape index (κ3) is 9.08. The number of nitrogens with one attached hydrogen (secondary N) is 2. The minimum atomic E-state index is -0.679. The van der Waals surface area contributed by atoms with E-state index in [1.54, 1.807) is 23.9 Å². The van der Waals surface area contributed by atoms with E-state index in [9.17, 15) is 28.4 Å². The van der Waals surface area contributed by atoms with Crippen LogP contribution in [0.25, 0.3) is 27.8 Å². The lowest BCUT2D eigenvalue weighted by Gasteiger charge is -2.42. The van der Waals surface area contributed by atoms with Gasteiger partial charge in [-0.15, -0.1) is 0 Å². The van der Waals surface area contributed by atoms with Gasteiger partial charge < -0.3 is 14.8 Å². The summed E-state index contributed by atoms with van der Waals surface area (Å²) in [7, 11) is 3.59. The summed E-state index contributed by atoms with van der Waals surface area (Å²) in [5.74, 6) is -0.126. The second-order valence-electron chi connectivity index (χ2n) is 21.2. The molecule has 2 N–H and O–H groups in total. The van der Waals surface area contributed by atoms with E-state index >= 15 is 0 Å². The molecule has 1 aliphatic carbocycles. The standard InChI is InChI=1S/C55H66FN11O5/c1-34-30-61(31-37-5-12-46-49(27-37)66(41-10-11-41)55(72)67(46)47-13-14-50(68)59-53(47)70)25-26-64(34)32-36-16-21-63(22-17-36)54(71)40-8-6-38(7-9-40)39-18-23-62(24-19-39)35(2)48-28-42-45(15-20-58-52(42)60(48)4)65-33-43(56)44(57-3)29-51(65)69/h5-9,12,15,20,27-29,33-36,39,41,47,57H,10-11,13-14,16-19,21-26,30-32H2,1-4H3,(H,59,68,70)/t34-,35-,47-/m0/s1. The van der Waals surface area contributed by atoms with Crippen LogP contribution in [0.4, 0.5) is 10.1 Å². The number of benzene rings is 2. The minimum absolute atomic E-state index is 0.0990. The smallest absolute Gasteiger partial charge is 0.330 e. The summed E-state index contributed by atoms with van der Waals surface area (Å²) in [6.07, 6.45) is 9.37. The fourth-order valence-corrected chi connectivity index (χ4v) is 12.3. The van der Waals surface area contributed by atoms with Gasteiger partial charge in [0.1, 0.15) is 11.7 Å². The molecule has 16 nitrogen and oxygen atoms in total. The van der Waals surface area contributed by atoms with Crippen molar-refractivity contribution in [2.75, 3.05) is 64.7 Å². The van der Waals surface area contributed by atoms with Crippen LogP contribution in [-0.4, -0.2) is 126 Å². The Morgan fingerprint density at radius 3 is 2.33 bits per heavy atom. The van der Waals surface area contributed by atoms with Gasteiger partial charge in [-0.2, -0.15) is 0 Å². The third-order valence-corrected chi connectivity index (χ3v) is 16.7. The fraction of sp³-hybridized carbons (Fsp3) is 0.491. The summed E-state index contributed by atoms with van der Waals surface area (Å²) in [6.45, 7) is 12.6. The van der Waals surface area contributed by atoms with Crippen molar-refractivity contribution in [2.24, 2.45) is 13.0 Å². The number of nitrogens with zero attached hydrogens (tertiary/aromatic N) is 9. The Balaban J connectivity index is 0.648. The van der Waals surface area contributed by atoms with Crippen LogP contribution in [0.3, 0.4) is 0 Å². The Hall–Kier alpha value is -6.43. The quantitative estimate of drug-likeness (QED) is 0.133. The first-order valence-electron chi connectivity index (χ1n) is 26.1. The van der Waals surface area contributed by atoms with E-state index in [2.05, 4.69) is 79.1 Å². The lowest BCUT2D eigenvalue weighted by atomic mass is 9.88. The van der Waals surface area contributed by atoms with E-state index in [1.165, 1.54) is 22.4 Å². The van der Waals surface area contributed by atoms with Gasteiger partial charge in [-0.05, 0) is 131 Å². The first-order chi connectivity index (χ1) is 34.8. The molecule has 4 aromatic heterocycles. The van der Waals surface area contributed by atoms with Crippen LogP contribution in [0.15, 0.2) is 82.6 Å². The molecule has 5 aliphatic rings. The van der Waals surface area contributed by atoms with Gasteiger partial charge in [-0.1, -0.05) is 18.2 Å². The van der Waals surface area contributed by atoms with Gasteiger partial charge in [0.25, 0.3) is 11.5 Å². The SMILES string of the molecule is CNc1cc(=O)n(-c2ccnc3c2cc([C@H](C)N2CCC(c4ccc(C(=O)N5CCC(CN6CCN(Cc7ccc8c(c7)n(C7CC7)c(=O)n8[C@H]7CCC(=O)NC7=O)C[C@@H]6C)CC5)cc4)CC2)n3C)cc1F. The number of piperidine rings is 3. The molecule has 0 radical (unpaired) electrons. The zero-order valence-corrected chi connectivity index (χ0v) is 41.9. The van der Waals surface area contributed by atoms with E-state index in [4.69, 9.17) is 0 Å². The topological polar surface area (TPSA) is 155 Å². The number of carbonyl (C=O) groups excluding carboxylic acids is 3. The first kappa shape index (κ1) is 47.9. The van der Waals surface area contributed by atoms with Gasteiger partial charge in [0.2, 0.25) is 11.8 Å². The molecule has 4 aliphatic heterocycles. The van der Waals surface area contributed by atoms with Crippen molar-refractivity contribution in [2.45, 2.75) is 102 Å². The van der Waals surface area contributed by atoms with Crippen LogP contribution >= 0.6 is 0 Å². The molecule has 378 valence electrons. The summed E-state index contributed by atoms with van der Waals surface area (Å²) < 4.78 is 21.7. The van der Waals surface area contributed by atoms with Gasteiger partial charge in [0.15, 0.2) is 5.82 Å². The average Bonchev–Trinajstić information content (AvgIpc) is 4.11. The number of amides is 3. The maximum atomic E-state index is 14.8. The zero-order valence-electron chi connectivity index (χ0n) is 41.9. The van der Waals surface area contributed by atoms with E-state index in [-0.39, 0.29) is 47.3 Å². The van der Waals surface area contributed by atoms with Crippen LogP contribution in [0.5, 0.6) is 0 Å². The Bertz CT molecular complexity index is 3170. The van der Waals surface area contributed by atoms with Crippen LogP contribution in [0, 0.1) is 11.7 Å². The van der Waals surface area contributed by atoms with Crippen molar-refractivity contribution in [3.05, 3.63) is 122 Å². The van der Waals surface area contributed by atoms with E-state index < -0.39 is 17.8 Å². The van der Waals surface area contributed by atoms with Crippen LogP contribution in [-0.2, 0) is 23.2 Å². The molecule has 5 fully saturated rings. The lowest BCUT2D eigenvalue weighted by Crippen LogP contribution is -2.53. The molecule has 6 aromatic rings. The number of hydrogen-bond acceptors (Lipinski definition) is 10. The van der Waals surface area contributed by atoms with E-state index in [0.717, 1.165) is 136 Å². The molecule has 72 heavy (non-hydrogen) atoms. The second kappa shape index (κ2) is 19.5. The highest BCUT2D eigenvalue weighted by molar-refractivity contribution is 6.00. The third-order valence-electron chi connectivity index (χ3n) is 16.7. The molecule has 0 spiro atoms. The lowest BCUT2D eigenvalue weighted by molar-refractivity contribution is -0.135. The molecule has 0 bridgehead atoms. The van der Waals surface area contributed by atoms with Crippen LogP contribution in [0.2, 0.25) is 0 Å². The molecule has 4 saturated heterocycles. The van der Waals surface area contributed by atoms with Crippen molar-refractivity contribution in [3.8, 4) is 5.69 Å². The Morgan fingerprint density at radius 1 is 0.861 bits per heavy atom. The highest BCUT2D eigenvalue weighted by atomic mass is 19.1. The maximum absolute atomic E-state index is 14.8. The normalized spacial score (nSPS) is 21.7. The highest BCUT2D eigenvalue weighted by Gasteiger charge is 2.36. The monoisotopic (exact) mass is 980 g/mol. The van der Waals surface area contributed by atoms with Crippen molar-refractivity contribution >= 4 is 45.5 Å². The highest BCUT2D eigenvalue weighted by Crippen LogP contribution is 2.38. The predicted octanol–water partition coefficient (Wildman–Crippen LogP) is 6.33. The second-order valence-corrected chi connectivity index (χ2v) is 21.2.